The zero-order valence-corrected chi connectivity index (χ0v) is 11.5. The van der Waals surface area contributed by atoms with Crippen molar-refractivity contribution in [3.05, 3.63) is 23.0 Å². The molecule has 1 heterocycles. The molecule has 0 saturated carbocycles. The molecule has 0 aliphatic heterocycles. The van der Waals surface area contributed by atoms with Crippen molar-refractivity contribution in [1.82, 2.24) is 4.98 Å². The highest BCUT2D eigenvalue weighted by molar-refractivity contribution is 7.80. The summed E-state index contributed by atoms with van der Waals surface area (Å²) in [4.78, 5) is 4.32. The zero-order valence-electron chi connectivity index (χ0n) is 10.7. The minimum absolute atomic E-state index is 0.0436. The van der Waals surface area contributed by atoms with Crippen molar-refractivity contribution in [2.45, 2.75) is 32.9 Å². The standard InChI is InChI=1S/C12H15F3N2OS/c1-7-6-9(10(11(16)19)8(2)17-7)18-5-3-4-12(13,14)15/h6H,3-5H2,1-2H3,(H2,16,19). The summed E-state index contributed by atoms with van der Waals surface area (Å²) in [6.45, 7) is 3.45. The van der Waals surface area contributed by atoms with Gasteiger partial charge >= 0.3 is 6.18 Å². The van der Waals surface area contributed by atoms with E-state index in [2.05, 4.69) is 4.98 Å². The van der Waals surface area contributed by atoms with Crippen LogP contribution in [0.3, 0.4) is 0 Å². The summed E-state index contributed by atoms with van der Waals surface area (Å²) < 4.78 is 41.4. The molecule has 0 spiro atoms. The molecular weight excluding hydrogens is 277 g/mol. The van der Waals surface area contributed by atoms with E-state index in [4.69, 9.17) is 22.7 Å². The highest BCUT2D eigenvalue weighted by Gasteiger charge is 2.26. The van der Waals surface area contributed by atoms with Crippen molar-refractivity contribution in [3.8, 4) is 5.75 Å². The number of aromatic nitrogens is 1. The van der Waals surface area contributed by atoms with Crippen LogP contribution in [0.5, 0.6) is 5.75 Å². The van der Waals surface area contributed by atoms with Crippen LogP contribution in [-0.2, 0) is 0 Å². The Kier molecular flexibility index (Phi) is 5.11. The third-order valence-electron chi connectivity index (χ3n) is 2.40. The summed E-state index contributed by atoms with van der Waals surface area (Å²) in [5.74, 6) is 0.389. The third-order valence-corrected chi connectivity index (χ3v) is 2.60. The maximum atomic E-state index is 12.0. The van der Waals surface area contributed by atoms with Gasteiger partial charge in [-0.2, -0.15) is 13.2 Å². The molecule has 0 aromatic carbocycles. The average molecular weight is 292 g/mol. The van der Waals surface area contributed by atoms with E-state index >= 15 is 0 Å². The lowest BCUT2D eigenvalue weighted by Gasteiger charge is -2.14. The van der Waals surface area contributed by atoms with Crippen LogP contribution in [-0.4, -0.2) is 22.8 Å². The Morgan fingerprint density at radius 1 is 1.42 bits per heavy atom. The maximum Gasteiger partial charge on any atom is 0.389 e. The van der Waals surface area contributed by atoms with Crippen molar-refractivity contribution < 1.29 is 17.9 Å². The molecule has 0 saturated heterocycles. The normalized spacial score (nSPS) is 11.4. The Bertz CT molecular complexity index is 475. The predicted octanol–water partition coefficient (Wildman–Crippen LogP) is 3.05. The zero-order chi connectivity index (χ0) is 14.6. The van der Waals surface area contributed by atoms with Crippen molar-refractivity contribution in [2.24, 2.45) is 5.73 Å². The van der Waals surface area contributed by atoms with Crippen molar-refractivity contribution >= 4 is 17.2 Å². The molecule has 0 fully saturated rings. The van der Waals surface area contributed by atoms with Crippen LogP contribution < -0.4 is 10.5 Å². The van der Waals surface area contributed by atoms with E-state index in [-0.39, 0.29) is 18.0 Å². The van der Waals surface area contributed by atoms with Gasteiger partial charge in [0.1, 0.15) is 10.7 Å². The fraction of sp³-hybridized carbons (Fsp3) is 0.500. The van der Waals surface area contributed by atoms with Gasteiger partial charge in [0.05, 0.1) is 17.9 Å². The number of pyridine rings is 1. The van der Waals surface area contributed by atoms with Crippen LogP contribution in [0.25, 0.3) is 0 Å². The number of hydrogen-bond donors (Lipinski definition) is 1. The molecule has 0 radical (unpaired) electrons. The molecular formula is C12H15F3N2OS. The molecule has 19 heavy (non-hydrogen) atoms. The highest BCUT2D eigenvalue weighted by atomic mass is 32.1. The van der Waals surface area contributed by atoms with E-state index in [0.29, 0.717) is 22.7 Å². The summed E-state index contributed by atoms with van der Waals surface area (Å²) >= 11 is 4.90. The summed E-state index contributed by atoms with van der Waals surface area (Å²) in [7, 11) is 0. The Balaban J connectivity index is 2.75. The van der Waals surface area contributed by atoms with Gasteiger partial charge in [-0.3, -0.25) is 4.98 Å². The molecule has 1 aromatic heterocycles. The lowest BCUT2D eigenvalue weighted by atomic mass is 10.1. The van der Waals surface area contributed by atoms with Crippen LogP contribution in [0.2, 0.25) is 0 Å². The molecule has 7 heteroatoms. The topological polar surface area (TPSA) is 48.1 Å². The van der Waals surface area contributed by atoms with Gasteiger partial charge in [0.15, 0.2) is 0 Å². The highest BCUT2D eigenvalue weighted by Crippen LogP contribution is 2.24. The number of halogens is 3. The number of nitrogens with two attached hydrogens (primary N) is 1. The van der Waals surface area contributed by atoms with Crippen LogP contribution in [0.4, 0.5) is 13.2 Å². The van der Waals surface area contributed by atoms with Crippen molar-refractivity contribution in [2.75, 3.05) is 6.61 Å². The quantitative estimate of drug-likeness (QED) is 0.669. The van der Waals surface area contributed by atoms with E-state index in [1.165, 1.54) is 0 Å². The summed E-state index contributed by atoms with van der Waals surface area (Å²) in [5, 5.41) is 0. The van der Waals surface area contributed by atoms with Crippen LogP contribution >= 0.6 is 12.2 Å². The number of rotatable bonds is 5. The number of nitrogens with zero attached hydrogens (tertiary/aromatic N) is 1. The lowest BCUT2D eigenvalue weighted by molar-refractivity contribution is -0.136. The van der Waals surface area contributed by atoms with Gasteiger partial charge in [-0.05, 0) is 20.3 Å². The molecule has 1 rings (SSSR count). The van der Waals surface area contributed by atoms with Gasteiger partial charge < -0.3 is 10.5 Å². The fourth-order valence-electron chi connectivity index (χ4n) is 1.66. The predicted molar refractivity (Wildman–Crippen MR) is 70.4 cm³/mol. The minimum atomic E-state index is -4.17. The van der Waals surface area contributed by atoms with Crippen molar-refractivity contribution in [1.29, 1.82) is 0 Å². The number of aryl methyl sites for hydroxylation is 2. The van der Waals surface area contributed by atoms with Gasteiger partial charge in [0.2, 0.25) is 0 Å². The molecule has 0 amide bonds. The molecule has 0 unspecified atom stereocenters. The fourth-order valence-corrected chi connectivity index (χ4v) is 1.91. The van der Waals surface area contributed by atoms with E-state index in [0.717, 1.165) is 0 Å². The molecule has 3 nitrogen and oxygen atoms in total. The van der Waals surface area contributed by atoms with Crippen LogP contribution in [0.1, 0.15) is 29.8 Å². The van der Waals surface area contributed by atoms with Gasteiger partial charge in [-0.25, -0.2) is 0 Å². The Hall–Kier alpha value is -1.37. The van der Waals surface area contributed by atoms with Gasteiger partial charge in [-0.15, -0.1) is 0 Å². The second-order valence-electron chi connectivity index (χ2n) is 4.15. The number of ether oxygens (including phenoxy) is 1. The summed E-state index contributed by atoms with van der Waals surface area (Å²) in [6, 6.07) is 1.62. The SMILES string of the molecule is Cc1cc(OCCCC(F)(F)F)c(C(N)=S)c(C)n1. The van der Waals surface area contributed by atoms with Gasteiger partial charge in [0.25, 0.3) is 0 Å². The van der Waals surface area contributed by atoms with E-state index < -0.39 is 12.6 Å². The third kappa shape index (κ3) is 5.02. The molecule has 0 aliphatic carbocycles. The Labute approximate surface area is 115 Å². The smallest absolute Gasteiger partial charge is 0.389 e. The molecule has 2 N–H and O–H groups in total. The number of thiocarbonyl (C=S) groups is 1. The molecule has 1 aromatic rings. The first-order chi connectivity index (χ1) is 8.70. The van der Waals surface area contributed by atoms with E-state index in [1.807, 2.05) is 0 Å². The largest absolute Gasteiger partial charge is 0.493 e. The van der Waals surface area contributed by atoms with E-state index in [1.54, 1.807) is 19.9 Å². The van der Waals surface area contributed by atoms with Crippen molar-refractivity contribution in [3.63, 3.8) is 0 Å². The molecule has 0 bridgehead atoms. The first-order valence-electron chi connectivity index (χ1n) is 5.68. The second kappa shape index (κ2) is 6.18. The average Bonchev–Trinajstić information content (AvgIpc) is 2.21. The van der Waals surface area contributed by atoms with Gasteiger partial charge in [-0.1, -0.05) is 12.2 Å². The van der Waals surface area contributed by atoms with Crippen LogP contribution in [0, 0.1) is 13.8 Å². The first-order valence-corrected chi connectivity index (χ1v) is 6.09. The maximum absolute atomic E-state index is 12.0. The number of alkyl halides is 3. The van der Waals surface area contributed by atoms with E-state index in [9.17, 15) is 13.2 Å². The summed E-state index contributed by atoms with van der Waals surface area (Å²) in [6.07, 6.45) is -5.15. The number of hydrogen-bond acceptors (Lipinski definition) is 3. The second-order valence-corrected chi connectivity index (χ2v) is 4.59. The lowest BCUT2D eigenvalue weighted by Crippen LogP contribution is -2.16. The van der Waals surface area contributed by atoms with Crippen LogP contribution in [0.15, 0.2) is 6.07 Å². The first kappa shape index (κ1) is 15.7. The minimum Gasteiger partial charge on any atom is -0.493 e. The Morgan fingerprint density at radius 2 is 2.05 bits per heavy atom. The molecule has 0 atom stereocenters. The molecule has 106 valence electrons. The summed E-state index contributed by atoms with van der Waals surface area (Å²) in [5.41, 5.74) is 7.36. The van der Waals surface area contributed by atoms with Gasteiger partial charge in [0, 0.05) is 18.2 Å². The molecule has 0 aliphatic rings. The monoisotopic (exact) mass is 292 g/mol. The Morgan fingerprint density at radius 3 is 2.58 bits per heavy atom.